The highest BCUT2D eigenvalue weighted by Gasteiger charge is 2.17. The Bertz CT molecular complexity index is 686. The minimum Gasteiger partial charge on any atom is -0.378 e. The van der Waals surface area contributed by atoms with Crippen molar-refractivity contribution in [3.63, 3.8) is 0 Å². The molecule has 0 saturated carbocycles. The van der Waals surface area contributed by atoms with E-state index in [4.69, 9.17) is 4.74 Å². The van der Waals surface area contributed by atoms with Crippen molar-refractivity contribution < 1.29 is 9.53 Å². The maximum atomic E-state index is 12.1. The zero-order valence-corrected chi connectivity index (χ0v) is 15.9. The quantitative estimate of drug-likeness (QED) is 0.807. The van der Waals surface area contributed by atoms with Crippen LogP contribution in [0.5, 0.6) is 0 Å². The molecule has 2 N–H and O–H groups in total. The molecule has 1 saturated heterocycles. The second kappa shape index (κ2) is 9.87. The van der Waals surface area contributed by atoms with Crippen molar-refractivity contribution in [2.24, 2.45) is 0 Å². The molecule has 5 nitrogen and oxygen atoms in total. The van der Waals surface area contributed by atoms with Crippen LogP contribution in [0.3, 0.4) is 0 Å². The SMILES string of the molecule is CCc1cccc(Cc2cnc(NC(=O)CC3COCCN3)s2)c1.Cl. The summed E-state index contributed by atoms with van der Waals surface area (Å²) in [4.78, 5) is 17.6. The molecule has 1 unspecified atom stereocenters. The predicted octanol–water partition coefficient (Wildman–Crippen LogP) is 3.04. The number of carbonyl (C=O) groups excluding carboxylic acids is 1. The molecule has 0 bridgehead atoms. The Kier molecular flexibility index (Phi) is 7.84. The van der Waals surface area contributed by atoms with E-state index in [9.17, 15) is 4.79 Å². The number of halogens is 1. The van der Waals surface area contributed by atoms with Gasteiger partial charge in [-0.3, -0.25) is 4.79 Å². The molecule has 0 spiro atoms. The Labute approximate surface area is 158 Å². The van der Waals surface area contributed by atoms with E-state index in [2.05, 4.69) is 46.8 Å². The average Bonchev–Trinajstić information content (AvgIpc) is 3.02. The topological polar surface area (TPSA) is 63.2 Å². The van der Waals surface area contributed by atoms with Crippen molar-refractivity contribution in [2.45, 2.75) is 32.2 Å². The van der Waals surface area contributed by atoms with Crippen molar-refractivity contribution in [3.8, 4) is 0 Å². The number of aryl methyl sites for hydroxylation is 1. The van der Waals surface area contributed by atoms with Gasteiger partial charge in [-0.25, -0.2) is 4.98 Å². The normalized spacial score (nSPS) is 16.9. The number of rotatable bonds is 6. The zero-order valence-electron chi connectivity index (χ0n) is 14.3. The first-order valence-electron chi connectivity index (χ1n) is 8.36. The Morgan fingerprint density at radius 1 is 1.44 bits per heavy atom. The van der Waals surface area contributed by atoms with Gasteiger partial charge in [-0.15, -0.1) is 23.7 Å². The van der Waals surface area contributed by atoms with Gasteiger partial charge in [0.15, 0.2) is 5.13 Å². The summed E-state index contributed by atoms with van der Waals surface area (Å²) in [5.74, 6) is -0.0214. The molecule has 2 aromatic rings. The molecule has 7 heteroatoms. The smallest absolute Gasteiger partial charge is 0.227 e. The molecule has 3 rings (SSSR count). The number of hydrogen-bond acceptors (Lipinski definition) is 5. The number of benzene rings is 1. The summed E-state index contributed by atoms with van der Waals surface area (Å²) in [5, 5.41) is 6.84. The number of hydrogen-bond donors (Lipinski definition) is 2. The number of nitrogens with zero attached hydrogens (tertiary/aromatic N) is 1. The lowest BCUT2D eigenvalue weighted by molar-refractivity contribution is -0.117. The number of carbonyl (C=O) groups is 1. The van der Waals surface area contributed by atoms with E-state index >= 15 is 0 Å². The zero-order chi connectivity index (χ0) is 16.8. The molecule has 1 fully saturated rings. The third kappa shape index (κ3) is 6.08. The maximum absolute atomic E-state index is 12.1. The molecule has 1 aliphatic rings. The molecule has 1 atom stereocenters. The lowest BCUT2D eigenvalue weighted by Gasteiger charge is -2.22. The van der Waals surface area contributed by atoms with Gasteiger partial charge in [0.25, 0.3) is 0 Å². The summed E-state index contributed by atoms with van der Waals surface area (Å²) in [5.41, 5.74) is 2.62. The number of morpholine rings is 1. The van der Waals surface area contributed by atoms with Crippen molar-refractivity contribution in [1.82, 2.24) is 10.3 Å². The average molecular weight is 382 g/mol. The lowest BCUT2D eigenvalue weighted by Crippen LogP contribution is -2.43. The minimum atomic E-state index is -0.0214. The van der Waals surface area contributed by atoms with E-state index in [1.165, 1.54) is 22.5 Å². The fourth-order valence-corrected chi connectivity index (χ4v) is 3.62. The van der Waals surface area contributed by atoms with Gasteiger partial charge in [0, 0.05) is 36.5 Å². The van der Waals surface area contributed by atoms with Crippen LogP contribution in [0.4, 0.5) is 5.13 Å². The van der Waals surface area contributed by atoms with Gasteiger partial charge in [0.2, 0.25) is 5.91 Å². The minimum absolute atomic E-state index is 0. The Hall–Kier alpha value is -1.47. The van der Waals surface area contributed by atoms with Gasteiger partial charge in [-0.05, 0) is 17.5 Å². The third-order valence-corrected chi connectivity index (χ3v) is 4.92. The highest BCUT2D eigenvalue weighted by Crippen LogP contribution is 2.22. The van der Waals surface area contributed by atoms with Crippen LogP contribution in [0.2, 0.25) is 0 Å². The third-order valence-electron chi connectivity index (χ3n) is 4.01. The standard InChI is InChI=1S/C18H23N3O2S.ClH/c1-2-13-4-3-5-14(8-13)9-16-11-20-18(24-16)21-17(22)10-15-12-23-7-6-19-15;/h3-5,8,11,15,19H,2,6-7,9-10,12H2,1H3,(H,20,21,22);1H. The van der Waals surface area contributed by atoms with Crippen molar-refractivity contribution in [3.05, 3.63) is 46.5 Å². The molecule has 1 aromatic carbocycles. The number of amides is 1. The molecular formula is C18H24ClN3O2S. The van der Waals surface area contributed by atoms with Crippen LogP contribution in [-0.2, 0) is 22.4 Å². The predicted molar refractivity (Wildman–Crippen MR) is 104 cm³/mol. The van der Waals surface area contributed by atoms with Gasteiger partial charge in [0.1, 0.15) is 0 Å². The van der Waals surface area contributed by atoms with Crippen LogP contribution in [0.15, 0.2) is 30.5 Å². The van der Waals surface area contributed by atoms with E-state index in [0.29, 0.717) is 24.8 Å². The van der Waals surface area contributed by atoms with Gasteiger partial charge < -0.3 is 15.4 Å². The molecule has 1 aliphatic heterocycles. The largest absolute Gasteiger partial charge is 0.378 e. The Morgan fingerprint density at radius 2 is 2.28 bits per heavy atom. The molecular weight excluding hydrogens is 358 g/mol. The van der Waals surface area contributed by atoms with E-state index in [0.717, 1.165) is 24.3 Å². The second-order valence-corrected chi connectivity index (χ2v) is 7.08. The lowest BCUT2D eigenvalue weighted by atomic mass is 10.1. The summed E-state index contributed by atoms with van der Waals surface area (Å²) < 4.78 is 5.37. The number of ether oxygens (including phenoxy) is 1. The first-order chi connectivity index (χ1) is 11.7. The molecule has 1 amide bonds. The number of anilines is 1. The number of aromatic nitrogens is 1. The molecule has 0 aliphatic carbocycles. The van der Waals surface area contributed by atoms with Crippen LogP contribution in [-0.4, -0.2) is 36.7 Å². The van der Waals surface area contributed by atoms with E-state index in [1.54, 1.807) is 0 Å². The van der Waals surface area contributed by atoms with Gasteiger partial charge in [-0.2, -0.15) is 0 Å². The van der Waals surface area contributed by atoms with Crippen LogP contribution in [0.25, 0.3) is 0 Å². The van der Waals surface area contributed by atoms with Gasteiger partial charge >= 0.3 is 0 Å². The van der Waals surface area contributed by atoms with E-state index in [-0.39, 0.29) is 24.4 Å². The second-order valence-electron chi connectivity index (χ2n) is 5.96. The Morgan fingerprint density at radius 3 is 3.04 bits per heavy atom. The molecule has 1 aromatic heterocycles. The van der Waals surface area contributed by atoms with E-state index in [1.807, 2.05) is 6.20 Å². The van der Waals surface area contributed by atoms with Crippen LogP contribution in [0, 0.1) is 0 Å². The molecule has 2 heterocycles. The molecule has 25 heavy (non-hydrogen) atoms. The first-order valence-corrected chi connectivity index (χ1v) is 9.18. The fourth-order valence-electron chi connectivity index (χ4n) is 2.75. The molecule has 0 radical (unpaired) electrons. The summed E-state index contributed by atoms with van der Waals surface area (Å²) in [6.07, 6.45) is 4.14. The van der Waals surface area contributed by atoms with Gasteiger partial charge in [-0.1, -0.05) is 31.2 Å². The summed E-state index contributed by atoms with van der Waals surface area (Å²) >= 11 is 1.54. The monoisotopic (exact) mass is 381 g/mol. The van der Waals surface area contributed by atoms with Crippen molar-refractivity contribution in [1.29, 1.82) is 0 Å². The van der Waals surface area contributed by atoms with Crippen LogP contribution in [0.1, 0.15) is 29.3 Å². The van der Waals surface area contributed by atoms with Crippen molar-refractivity contribution >= 4 is 34.8 Å². The maximum Gasteiger partial charge on any atom is 0.227 e. The Balaban J connectivity index is 0.00000225. The summed E-state index contributed by atoms with van der Waals surface area (Å²) in [7, 11) is 0. The highest BCUT2D eigenvalue weighted by atomic mass is 35.5. The highest BCUT2D eigenvalue weighted by molar-refractivity contribution is 7.15. The summed E-state index contributed by atoms with van der Waals surface area (Å²) in [6, 6.07) is 8.69. The number of thiazole rings is 1. The van der Waals surface area contributed by atoms with Gasteiger partial charge in [0.05, 0.1) is 13.2 Å². The molecule has 136 valence electrons. The van der Waals surface area contributed by atoms with E-state index < -0.39 is 0 Å². The first kappa shape index (κ1) is 19.8. The van der Waals surface area contributed by atoms with Crippen LogP contribution < -0.4 is 10.6 Å². The summed E-state index contributed by atoms with van der Waals surface area (Å²) in [6.45, 7) is 4.26. The number of nitrogens with one attached hydrogen (secondary N) is 2. The van der Waals surface area contributed by atoms with Crippen LogP contribution >= 0.6 is 23.7 Å². The fraction of sp³-hybridized carbons (Fsp3) is 0.444. The van der Waals surface area contributed by atoms with Crippen molar-refractivity contribution in [2.75, 3.05) is 25.1 Å².